The van der Waals surface area contributed by atoms with Gasteiger partial charge in [0.1, 0.15) is 0 Å². The van der Waals surface area contributed by atoms with Crippen molar-refractivity contribution >= 4 is 42.9 Å². The van der Waals surface area contributed by atoms with Crippen molar-refractivity contribution in [2.24, 2.45) is 0 Å². The van der Waals surface area contributed by atoms with E-state index in [2.05, 4.69) is 15.2 Å². The molecule has 0 radical (unpaired) electrons. The molecular formula is C21H23N5O2S2. The lowest BCUT2D eigenvalue weighted by Gasteiger charge is -2.22. The second-order valence-electron chi connectivity index (χ2n) is 7.85. The van der Waals surface area contributed by atoms with E-state index < -0.39 is 9.84 Å². The van der Waals surface area contributed by atoms with Crippen LogP contribution in [0, 0.1) is 13.8 Å². The average Bonchev–Trinajstić information content (AvgIpc) is 3.29. The highest BCUT2D eigenvalue weighted by atomic mass is 32.2. The Morgan fingerprint density at radius 1 is 1.00 bits per heavy atom. The van der Waals surface area contributed by atoms with E-state index in [0.29, 0.717) is 5.65 Å². The van der Waals surface area contributed by atoms with Gasteiger partial charge in [0, 0.05) is 13.1 Å². The molecule has 0 bridgehead atoms. The lowest BCUT2D eigenvalue weighted by molar-refractivity contribution is 0.592. The van der Waals surface area contributed by atoms with Crippen LogP contribution in [-0.2, 0) is 9.84 Å². The predicted octanol–water partition coefficient (Wildman–Crippen LogP) is 4.17. The Balaban J connectivity index is 1.72. The number of thiophene rings is 1. The number of anilines is 1. The summed E-state index contributed by atoms with van der Waals surface area (Å²) in [5, 5.41) is 10.2. The number of rotatable bonds is 3. The summed E-state index contributed by atoms with van der Waals surface area (Å²) in [4.78, 5) is 7.33. The third-order valence-corrected chi connectivity index (χ3v) is 8.40. The summed E-state index contributed by atoms with van der Waals surface area (Å²) >= 11 is 1.60. The van der Waals surface area contributed by atoms with Gasteiger partial charge < -0.3 is 4.90 Å². The minimum Gasteiger partial charge on any atom is -0.355 e. The van der Waals surface area contributed by atoms with Gasteiger partial charge in [-0.2, -0.15) is 4.52 Å². The Kier molecular flexibility index (Phi) is 4.74. The first kappa shape index (κ1) is 19.4. The zero-order valence-corrected chi connectivity index (χ0v) is 18.6. The first-order valence-corrected chi connectivity index (χ1v) is 12.5. The smallest absolute Gasteiger partial charge is 0.229 e. The highest BCUT2D eigenvalue weighted by Crippen LogP contribution is 2.34. The van der Waals surface area contributed by atoms with Crippen LogP contribution in [0.5, 0.6) is 0 Å². The molecular weight excluding hydrogens is 418 g/mol. The molecule has 1 aromatic carbocycles. The minimum absolute atomic E-state index is 0.0880. The van der Waals surface area contributed by atoms with E-state index in [1.54, 1.807) is 28.0 Å². The molecule has 0 saturated carbocycles. The normalized spacial score (nSPS) is 15.7. The van der Waals surface area contributed by atoms with Gasteiger partial charge in [-0.1, -0.05) is 24.1 Å². The van der Waals surface area contributed by atoms with Gasteiger partial charge in [0.15, 0.2) is 11.5 Å². The molecule has 0 unspecified atom stereocenters. The van der Waals surface area contributed by atoms with Crippen molar-refractivity contribution in [1.29, 1.82) is 0 Å². The summed E-state index contributed by atoms with van der Waals surface area (Å²) in [5.74, 6) is 0.841. The number of benzene rings is 1. The maximum atomic E-state index is 13.4. The van der Waals surface area contributed by atoms with E-state index in [0.717, 1.165) is 53.1 Å². The predicted molar refractivity (Wildman–Crippen MR) is 118 cm³/mol. The van der Waals surface area contributed by atoms with Crippen LogP contribution in [0.25, 0.3) is 15.9 Å². The number of aromatic nitrogens is 4. The SMILES string of the molecule is Cc1ccc(S(=O)(=O)c2nnn3c2nc(N2CCCCCC2)c2sccc23)cc1C. The number of sulfone groups is 1. The molecule has 0 spiro atoms. The molecule has 9 heteroatoms. The Labute approximate surface area is 179 Å². The van der Waals surface area contributed by atoms with Gasteiger partial charge in [0.05, 0.1) is 15.1 Å². The highest BCUT2D eigenvalue weighted by molar-refractivity contribution is 7.91. The second-order valence-corrected chi connectivity index (χ2v) is 10.6. The van der Waals surface area contributed by atoms with E-state index in [-0.39, 0.29) is 9.92 Å². The maximum Gasteiger partial charge on any atom is 0.229 e. The van der Waals surface area contributed by atoms with Crippen molar-refractivity contribution in [2.45, 2.75) is 49.5 Å². The Bertz CT molecular complexity index is 1350. The van der Waals surface area contributed by atoms with Crippen LogP contribution in [0.15, 0.2) is 39.6 Å². The molecule has 4 aromatic rings. The zero-order valence-electron chi connectivity index (χ0n) is 17.0. The molecule has 1 aliphatic rings. The fourth-order valence-corrected chi connectivity index (χ4v) is 6.18. The van der Waals surface area contributed by atoms with Crippen molar-refractivity contribution in [3.8, 4) is 0 Å². The highest BCUT2D eigenvalue weighted by Gasteiger charge is 2.28. The fraction of sp³-hybridized carbons (Fsp3) is 0.381. The molecule has 3 aromatic heterocycles. The van der Waals surface area contributed by atoms with Crippen LogP contribution < -0.4 is 4.90 Å². The van der Waals surface area contributed by atoms with Crippen molar-refractivity contribution in [3.63, 3.8) is 0 Å². The lowest BCUT2D eigenvalue weighted by Crippen LogP contribution is -2.25. The average molecular weight is 442 g/mol. The number of hydrogen-bond donors (Lipinski definition) is 0. The largest absolute Gasteiger partial charge is 0.355 e. The van der Waals surface area contributed by atoms with Gasteiger partial charge in [0.25, 0.3) is 0 Å². The van der Waals surface area contributed by atoms with E-state index >= 15 is 0 Å². The van der Waals surface area contributed by atoms with E-state index in [4.69, 9.17) is 4.98 Å². The number of nitrogens with zero attached hydrogens (tertiary/aromatic N) is 5. The molecule has 7 nitrogen and oxygen atoms in total. The van der Waals surface area contributed by atoms with Crippen LogP contribution >= 0.6 is 11.3 Å². The topological polar surface area (TPSA) is 80.5 Å². The summed E-state index contributed by atoms with van der Waals surface area (Å²) < 4.78 is 29.4. The first-order chi connectivity index (χ1) is 14.5. The number of fused-ring (bicyclic) bond motifs is 3. The number of aryl methyl sites for hydroxylation is 2. The summed E-state index contributed by atoms with van der Waals surface area (Å²) in [6.45, 7) is 5.72. The molecule has 0 amide bonds. The number of hydrogen-bond acceptors (Lipinski definition) is 7. The lowest BCUT2D eigenvalue weighted by atomic mass is 10.1. The third-order valence-electron chi connectivity index (χ3n) is 5.85. The van der Waals surface area contributed by atoms with Gasteiger partial charge >= 0.3 is 0 Å². The van der Waals surface area contributed by atoms with E-state index in [1.807, 2.05) is 31.4 Å². The zero-order chi connectivity index (χ0) is 20.9. The fourth-order valence-electron chi connectivity index (χ4n) is 3.97. The molecule has 1 fully saturated rings. The van der Waals surface area contributed by atoms with Crippen molar-refractivity contribution in [2.75, 3.05) is 18.0 Å². The van der Waals surface area contributed by atoms with Crippen molar-refractivity contribution in [3.05, 3.63) is 40.8 Å². The van der Waals surface area contributed by atoms with Gasteiger partial charge in [0.2, 0.25) is 14.9 Å². The molecule has 156 valence electrons. The molecule has 0 aliphatic carbocycles. The van der Waals surface area contributed by atoms with Crippen LogP contribution in [-0.4, -0.2) is 41.3 Å². The van der Waals surface area contributed by atoms with E-state index in [1.165, 1.54) is 12.8 Å². The van der Waals surface area contributed by atoms with Gasteiger partial charge in [-0.25, -0.2) is 13.4 Å². The minimum atomic E-state index is -3.84. The van der Waals surface area contributed by atoms with Crippen LogP contribution in [0.2, 0.25) is 0 Å². The third kappa shape index (κ3) is 3.07. The molecule has 5 rings (SSSR count). The first-order valence-electron chi connectivity index (χ1n) is 10.2. The van der Waals surface area contributed by atoms with Gasteiger partial charge in [-0.05, 0) is 61.4 Å². The quantitative estimate of drug-likeness (QED) is 0.475. The van der Waals surface area contributed by atoms with Crippen LogP contribution in [0.3, 0.4) is 0 Å². The van der Waals surface area contributed by atoms with Gasteiger partial charge in [-0.3, -0.25) is 0 Å². The standard InChI is InChI=1S/C21H23N5O2S2/c1-14-7-8-16(13-15(14)2)30(27,28)21-20-22-19(25-10-5-3-4-6-11-25)18-17(9-12-29-18)26(20)24-23-21/h7-9,12-13H,3-6,10-11H2,1-2H3. The van der Waals surface area contributed by atoms with Crippen LogP contribution in [0.4, 0.5) is 5.82 Å². The summed E-state index contributed by atoms with van der Waals surface area (Å²) in [6.07, 6.45) is 4.66. The van der Waals surface area contributed by atoms with Gasteiger partial charge in [-0.15, -0.1) is 16.4 Å². The summed E-state index contributed by atoms with van der Waals surface area (Å²) in [5.41, 5.74) is 3.10. The molecule has 4 heterocycles. The maximum absolute atomic E-state index is 13.4. The molecule has 0 N–H and O–H groups in total. The van der Waals surface area contributed by atoms with Crippen LogP contribution in [0.1, 0.15) is 36.8 Å². The second kappa shape index (κ2) is 7.31. The summed E-state index contributed by atoms with van der Waals surface area (Å²) in [6, 6.07) is 7.09. The monoisotopic (exact) mass is 441 g/mol. The Morgan fingerprint density at radius 2 is 1.77 bits per heavy atom. The molecule has 0 atom stereocenters. The van der Waals surface area contributed by atoms with Crippen molar-refractivity contribution in [1.82, 2.24) is 19.8 Å². The Hall–Kier alpha value is -2.52. The summed E-state index contributed by atoms with van der Waals surface area (Å²) in [7, 11) is -3.84. The molecule has 1 aliphatic heterocycles. The Morgan fingerprint density at radius 3 is 2.50 bits per heavy atom. The van der Waals surface area contributed by atoms with E-state index in [9.17, 15) is 8.42 Å². The van der Waals surface area contributed by atoms with Crippen molar-refractivity contribution < 1.29 is 8.42 Å². The molecule has 1 saturated heterocycles. The molecule has 30 heavy (non-hydrogen) atoms.